The van der Waals surface area contributed by atoms with Gasteiger partial charge in [-0.2, -0.15) is 4.98 Å². The molecule has 2 rings (SSSR count). The van der Waals surface area contributed by atoms with Crippen molar-refractivity contribution < 1.29 is 9.26 Å². The van der Waals surface area contributed by atoms with Gasteiger partial charge in [0.2, 0.25) is 5.89 Å². The number of hydrogen-bond acceptors (Lipinski definition) is 5. The molecule has 0 amide bonds. The highest BCUT2D eigenvalue weighted by molar-refractivity contribution is 5.03. The number of nitrogens with zero attached hydrogens (tertiary/aromatic N) is 2. The zero-order valence-corrected chi connectivity index (χ0v) is 11.5. The van der Waals surface area contributed by atoms with Gasteiger partial charge in [0, 0.05) is 12.6 Å². The lowest BCUT2D eigenvalue weighted by molar-refractivity contribution is 0.0683. The zero-order valence-electron chi connectivity index (χ0n) is 11.5. The molecule has 0 bridgehead atoms. The Morgan fingerprint density at radius 1 is 1.44 bits per heavy atom. The quantitative estimate of drug-likeness (QED) is 0.843. The summed E-state index contributed by atoms with van der Waals surface area (Å²) in [7, 11) is 0. The lowest BCUT2D eigenvalue weighted by Gasteiger charge is -2.16. The highest BCUT2D eigenvalue weighted by Crippen LogP contribution is 2.34. The Hall–Kier alpha value is -0.940. The first kappa shape index (κ1) is 13.5. The van der Waals surface area contributed by atoms with Gasteiger partial charge in [-0.05, 0) is 33.2 Å². The topological polar surface area (TPSA) is 60.2 Å². The van der Waals surface area contributed by atoms with Crippen molar-refractivity contribution in [3.63, 3.8) is 0 Å². The number of likely N-dealkylation sites (N-methyl/N-ethyl adjacent to an activating group) is 1. The standard InChI is InChI=1S/C13H23N3O2/c1-4-14-11-8-6-7-10(11)13-15-12(16-18-13)9(3)17-5-2/h9-11,14H,4-8H2,1-3H3. The summed E-state index contributed by atoms with van der Waals surface area (Å²) in [6, 6.07) is 0.477. The van der Waals surface area contributed by atoms with E-state index in [1.54, 1.807) is 0 Å². The SMILES string of the molecule is CCNC1CCCC1c1nc(C(C)OCC)no1. The van der Waals surface area contributed by atoms with Gasteiger partial charge < -0.3 is 14.6 Å². The Bertz CT molecular complexity index is 367. The Morgan fingerprint density at radius 2 is 2.28 bits per heavy atom. The van der Waals surface area contributed by atoms with Crippen LogP contribution in [0.15, 0.2) is 4.52 Å². The third kappa shape index (κ3) is 2.90. The first-order valence-corrected chi connectivity index (χ1v) is 6.94. The molecule has 1 N–H and O–H groups in total. The molecule has 0 spiro atoms. The van der Waals surface area contributed by atoms with Crippen LogP contribution >= 0.6 is 0 Å². The number of nitrogens with one attached hydrogen (secondary N) is 1. The lowest BCUT2D eigenvalue weighted by atomic mass is 10.0. The van der Waals surface area contributed by atoms with E-state index in [1.807, 2.05) is 13.8 Å². The fourth-order valence-electron chi connectivity index (χ4n) is 2.65. The maximum absolute atomic E-state index is 5.48. The van der Waals surface area contributed by atoms with Gasteiger partial charge in [0.1, 0.15) is 6.10 Å². The molecular formula is C13H23N3O2. The van der Waals surface area contributed by atoms with Crippen LogP contribution in [-0.2, 0) is 4.74 Å². The van der Waals surface area contributed by atoms with Gasteiger partial charge in [-0.25, -0.2) is 0 Å². The summed E-state index contributed by atoms with van der Waals surface area (Å²) in [5.41, 5.74) is 0. The molecule has 1 heterocycles. The number of aromatic nitrogens is 2. The van der Waals surface area contributed by atoms with Gasteiger partial charge in [0.15, 0.2) is 5.82 Å². The van der Waals surface area contributed by atoms with Crippen molar-refractivity contribution in [3.8, 4) is 0 Å². The van der Waals surface area contributed by atoms with Crippen molar-refractivity contribution in [1.29, 1.82) is 0 Å². The summed E-state index contributed by atoms with van der Waals surface area (Å²) >= 11 is 0. The van der Waals surface area contributed by atoms with Gasteiger partial charge in [-0.15, -0.1) is 0 Å². The van der Waals surface area contributed by atoms with Crippen LogP contribution in [0.1, 0.15) is 63.8 Å². The largest absolute Gasteiger partial charge is 0.371 e. The maximum Gasteiger partial charge on any atom is 0.231 e. The molecule has 1 fully saturated rings. The highest BCUT2D eigenvalue weighted by atomic mass is 16.5. The second-order valence-electron chi connectivity index (χ2n) is 4.79. The molecule has 1 aromatic rings. The van der Waals surface area contributed by atoms with Gasteiger partial charge >= 0.3 is 0 Å². The second-order valence-corrected chi connectivity index (χ2v) is 4.79. The first-order chi connectivity index (χ1) is 8.76. The van der Waals surface area contributed by atoms with E-state index in [1.165, 1.54) is 12.8 Å². The summed E-state index contributed by atoms with van der Waals surface area (Å²) in [5.74, 6) is 1.79. The summed E-state index contributed by atoms with van der Waals surface area (Å²) in [6.07, 6.45) is 3.45. The Labute approximate surface area is 108 Å². The van der Waals surface area contributed by atoms with Crippen molar-refractivity contribution >= 4 is 0 Å². The van der Waals surface area contributed by atoms with Gasteiger partial charge in [0.25, 0.3) is 0 Å². The van der Waals surface area contributed by atoms with Crippen molar-refractivity contribution in [2.24, 2.45) is 0 Å². The third-order valence-electron chi connectivity index (χ3n) is 3.54. The molecule has 5 heteroatoms. The minimum Gasteiger partial charge on any atom is -0.371 e. The van der Waals surface area contributed by atoms with Gasteiger partial charge in [-0.3, -0.25) is 0 Å². The molecule has 18 heavy (non-hydrogen) atoms. The summed E-state index contributed by atoms with van der Waals surface area (Å²) in [6.45, 7) is 7.70. The van der Waals surface area contributed by atoms with Crippen LogP contribution in [0.5, 0.6) is 0 Å². The van der Waals surface area contributed by atoms with Crippen LogP contribution in [0.4, 0.5) is 0 Å². The summed E-state index contributed by atoms with van der Waals surface area (Å²) in [4.78, 5) is 4.50. The van der Waals surface area contributed by atoms with E-state index in [0.29, 0.717) is 24.4 Å². The maximum atomic E-state index is 5.48. The molecule has 0 saturated heterocycles. The molecule has 1 saturated carbocycles. The molecule has 0 aromatic carbocycles. The number of ether oxygens (including phenoxy) is 1. The van der Waals surface area contributed by atoms with Crippen molar-refractivity contribution in [1.82, 2.24) is 15.5 Å². The van der Waals surface area contributed by atoms with Crippen molar-refractivity contribution in [2.45, 2.75) is 58.1 Å². The Balaban J connectivity index is 2.04. The van der Waals surface area contributed by atoms with Gasteiger partial charge in [-0.1, -0.05) is 18.5 Å². The highest BCUT2D eigenvalue weighted by Gasteiger charge is 2.32. The molecule has 1 aromatic heterocycles. The van der Waals surface area contributed by atoms with Crippen LogP contribution < -0.4 is 5.32 Å². The van der Waals surface area contributed by atoms with Gasteiger partial charge in [0.05, 0.1) is 5.92 Å². The molecule has 5 nitrogen and oxygen atoms in total. The average molecular weight is 253 g/mol. The summed E-state index contributed by atoms with van der Waals surface area (Å²) in [5, 5.41) is 7.53. The minimum atomic E-state index is -0.0912. The molecule has 0 radical (unpaired) electrons. The van der Waals surface area contributed by atoms with E-state index in [-0.39, 0.29) is 6.10 Å². The Morgan fingerprint density at radius 3 is 3.00 bits per heavy atom. The molecular weight excluding hydrogens is 230 g/mol. The monoisotopic (exact) mass is 253 g/mol. The van der Waals surface area contributed by atoms with E-state index >= 15 is 0 Å². The van der Waals surface area contributed by atoms with E-state index in [2.05, 4.69) is 22.4 Å². The molecule has 3 atom stereocenters. The number of hydrogen-bond donors (Lipinski definition) is 1. The molecule has 3 unspecified atom stereocenters. The normalized spacial score (nSPS) is 25.5. The van der Waals surface area contributed by atoms with E-state index in [4.69, 9.17) is 9.26 Å². The second kappa shape index (κ2) is 6.29. The molecule has 1 aliphatic carbocycles. The predicted octanol–water partition coefficient (Wildman–Crippen LogP) is 2.41. The fourth-order valence-corrected chi connectivity index (χ4v) is 2.65. The van der Waals surface area contributed by atoms with Crippen LogP contribution in [0.2, 0.25) is 0 Å². The number of rotatable bonds is 6. The Kier molecular flexibility index (Phi) is 4.72. The molecule has 102 valence electrons. The van der Waals surface area contributed by atoms with E-state index in [9.17, 15) is 0 Å². The molecule has 0 aliphatic heterocycles. The van der Waals surface area contributed by atoms with Crippen molar-refractivity contribution in [3.05, 3.63) is 11.7 Å². The third-order valence-corrected chi connectivity index (χ3v) is 3.54. The predicted molar refractivity (Wildman–Crippen MR) is 68.4 cm³/mol. The van der Waals surface area contributed by atoms with Crippen LogP contribution in [0.25, 0.3) is 0 Å². The van der Waals surface area contributed by atoms with E-state index < -0.39 is 0 Å². The van der Waals surface area contributed by atoms with Crippen LogP contribution in [0, 0.1) is 0 Å². The first-order valence-electron chi connectivity index (χ1n) is 6.94. The summed E-state index contributed by atoms with van der Waals surface area (Å²) < 4.78 is 10.9. The molecule has 1 aliphatic rings. The zero-order chi connectivity index (χ0) is 13.0. The van der Waals surface area contributed by atoms with Crippen LogP contribution in [-0.4, -0.2) is 29.3 Å². The average Bonchev–Trinajstić information content (AvgIpc) is 2.97. The smallest absolute Gasteiger partial charge is 0.231 e. The van der Waals surface area contributed by atoms with E-state index in [0.717, 1.165) is 18.9 Å². The fraction of sp³-hybridized carbons (Fsp3) is 0.846. The minimum absolute atomic E-state index is 0.0912. The van der Waals surface area contributed by atoms with Crippen molar-refractivity contribution in [2.75, 3.05) is 13.2 Å². The lowest BCUT2D eigenvalue weighted by Crippen LogP contribution is -2.31. The van der Waals surface area contributed by atoms with Crippen LogP contribution in [0.3, 0.4) is 0 Å².